The molecule has 2 rings (SSSR count). The summed E-state index contributed by atoms with van der Waals surface area (Å²) in [6, 6.07) is 0.415. The molecule has 2 aliphatic carbocycles. The van der Waals surface area contributed by atoms with E-state index in [1.165, 1.54) is 12.1 Å². The number of halogens is 3. The molecule has 0 fully saturated rings. The standard InChI is InChI=1S/C9H13.C5H9F3Si.C5H5.Zr/c1-2-3-6-9-7-4-5-8-9;1-2-3-4-9-5(6,7)8;1-2-4-5-3-1;/h7-8H,2-4,6H2,1H3;2-4H2,1H3;1-3H,4H2;. The Hall–Kier alpha value is -0.150. The van der Waals surface area contributed by atoms with Crippen molar-refractivity contribution in [1.82, 2.24) is 0 Å². The Balaban J connectivity index is 2.39. The van der Waals surface area contributed by atoms with Gasteiger partial charge in [0.2, 0.25) is 0 Å². The van der Waals surface area contributed by atoms with Crippen LogP contribution in [0.2, 0.25) is 6.04 Å². The van der Waals surface area contributed by atoms with E-state index in [-0.39, 0.29) is 0 Å². The summed E-state index contributed by atoms with van der Waals surface area (Å²) >= 11 is -2.81. The Morgan fingerprint density at radius 1 is 1.08 bits per heavy atom. The third-order valence-corrected chi connectivity index (χ3v) is 23.9. The van der Waals surface area contributed by atoms with E-state index < -0.39 is 31.6 Å². The molecular weight excluding hydrogens is 405 g/mol. The second-order valence-electron chi connectivity index (χ2n) is 6.54. The van der Waals surface area contributed by atoms with Crippen molar-refractivity contribution in [1.29, 1.82) is 0 Å². The zero-order valence-corrected chi connectivity index (χ0v) is 18.1. The number of alkyl halides is 3. The molecule has 132 valence electrons. The molecule has 0 spiro atoms. The second kappa shape index (κ2) is 9.52. The molecule has 0 N–H and O–H groups in total. The van der Waals surface area contributed by atoms with Crippen molar-refractivity contribution in [3.8, 4) is 0 Å². The van der Waals surface area contributed by atoms with Gasteiger partial charge in [0.1, 0.15) is 0 Å². The van der Waals surface area contributed by atoms with Gasteiger partial charge in [-0.2, -0.15) is 0 Å². The molecule has 0 atom stereocenters. The first-order chi connectivity index (χ1) is 11.5. The summed E-state index contributed by atoms with van der Waals surface area (Å²) in [7, 11) is 0. The maximum absolute atomic E-state index is 13.9. The van der Waals surface area contributed by atoms with Crippen LogP contribution in [-0.2, 0) is 20.4 Å². The molecule has 0 amide bonds. The van der Waals surface area contributed by atoms with E-state index in [0.717, 1.165) is 44.9 Å². The molecule has 0 aromatic heterocycles. The van der Waals surface area contributed by atoms with Crippen LogP contribution in [0.4, 0.5) is 13.2 Å². The van der Waals surface area contributed by atoms with Gasteiger partial charge < -0.3 is 0 Å². The van der Waals surface area contributed by atoms with Gasteiger partial charge in [0.05, 0.1) is 0 Å². The van der Waals surface area contributed by atoms with Crippen molar-refractivity contribution in [3.63, 3.8) is 0 Å². The summed E-state index contributed by atoms with van der Waals surface area (Å²) in [5, 5.41) is 0. The molecule has 0 nitrogen and oxygen atoms in total. The van der Waals surface area contributed by atoms with Crippen molar-refractivity contribution >= 4 is 5.43 Å². The predicted molar refractivity (Wildman–Crippen MR) is 93.7 cm³/mol. The van der Waals surface area contributed by atoms with Gasteiger partial charge >= 0.3 is 152 Å². The number of allylic oxidation sites excluding steroid dienone is 8. The fraction of sp³-hybridized carbons (Fsp3) is 0.579. The fourth-order valence-electron chi connectivity index (χ4n) is 3.30. The van der Waals surface area contributed by atoms with Crippen molar-refractivity contribution in [3.05, 3.63) is 42.5 Å². The summed E-state index contributed by atoms with van der Waals surface area (Å²) in [5.74, 6) is -3.95. The van der Waals surface area contributed by atoms with Gasteiger partial charge in [0.15, 0.2) is 0 Å². The van der Waals surface area contributed by atoms with Gasteiger partial charge in [-0.3, -0.25) is 0 Å². The predicted octanol–water partition coefficient (Wildman–Crippen LogP) is 6.75. The van der Waals surface area contributed by atoms with Crippen LogP contribution in [0.25, 0.3) is 0 Å². The van der Waals surface area contributed by atoms with Crippen LogP contribution in [0.15, 0.2) is 42.5 Å². The Morgan fingerprint density at radius 2 is 1.83 bits per heavy atom. The minimum atomic E-state index is -3.95. The van der Waals surface area contributed by atoms with Crippen molar-refractivity contribution in [2.75, 3.05) is 0 Å². The van der Waals surface area contributed by atoms with Gasteiger partial charge in [0.25, 0.3) is 0 Å². The Labute approximate surface area is 151 Å². The molecule has 0 aliphatic heterocycles. The van der Waals surface area contributed by atoms with Gasteiger partial charge in [-0.25, -0.2) is 0 Å². The third-order valence-electron chi connectivity index (χ3n) is 4.60. The zero-order valence-electron chi connectivity index (χ0n) is 14.7. The minimum absolute atomic E-state index is 0.415. The van der Waals surface area contributed by atoms with Crippen LogP contribution in [0.1, 0.15) is 58.8 Å². The number of unbranched alkanes of at least 4 members (excludes halogenated alkanes) is 2. The monoisotopic (exact) mass is 430 g/mol. The molecule has 5 heteroatoms. The van der Waals surface area contributed by atoms with Crippen LogP contribution in [-0.4, -0.2) is 11.2 Å². The maximum atomic E-state index is 13.9. The molecule has 0 aromatic carbocycles. The quantitative estimate of drug-likeness (QED) is 0.373. The van der Waals surface area contributed by atoms with Crippen molar-refractivity contribution < 1.29 is 33.5 Å². The topological polar surface area (TPSA) is 0 Å². The van der Waals surface area contributed by atoms with Crippen LogP contribution in [0, 0.1) is 0 Å². The molecule has 24 heavy (non-hydrogen) atoms. The number of rotatable bonds is 8. The van der Waals surface area contributed by atoms with E-state index in [2.05, 4.69) is 19.1 Å². The summed E-state index contributed by atoms with van der Waals surface area (Å²) < 4.78 is 44.1. The Bertz CT molecular complexity index is 607. The fourth-order valence-corrected chi connectivity index (χ4v) is 22.7. The van der Waals surface area contributed by atoms with Gasteiger partial charge in [-0.1, -0.05) is 0 Å². The Morgan fingerprint density at radius 3 is 2.42 bits per heavy atom. The molecule has 0 saturated carbocycles. The van der Waals surface area contributed by atoms with Crippen LogP contribution >= 0.6 is 0 Å². The summed E-state index contributed by atoms with van der Waals surface area (Å²) in [6.07, 6.45) is 16.8. The molecule has 0 bridgehead atoms. The summed E-state index contributed by atoms with van der Waals surface area (Å²) in [4.78, 5) is 0. The first-order valence-corrected chi connectivity index (χ1v) is 16.9. The Kier molecular flexibility index (Phi) is 8.00. The van der Waals surface area contributed by atoms with Crippen molar-refractivity contribution in [2.24, 2.45) is 0 Å². The van der Waals surface area contributed by atoms with E-state index in [1.54, 1.807) is 0 Å². The van der Waals surface area contributed by atoms with E-state index in [4.69, 9.17) is 0 Å². The van der Waals surface area contributed by atoms with Crippen LogP contribution in [0.3, 0.4) is 0 Å². The van der Waals surface area contributed by atoms with Gasteiger partial charge in [-0.15, -0.1) is 0 Å². The SMILES string of the molecule is CCCCC1=CC[C](/[Zr]([C]2=CC=CC2)=[Si](\CCCC)C(F)(F)F)=C1. The average Bonchev–Trinajstić information content (AvgIpc) is 3.20. The van der Waals surface area contributed by atoms with Crippen LogP contribution in [0.5, 0.6) is 0 Å². The second-order valence-corrected chi connectivity index (χ2v) is 21.0. The van der Waals surface area contributed by atoms with E-state index in [1.807, 2.05) is 25.2 Å². The summed E-state index contributed by atoms with van der Waals surface area (Å²) in [5.41, 5.74) is -0.996. The van der Waals surface area contributed by atoms with Crippen LogP contribution < -0.4 is 0 Å². The molecule has 0 heterocycles. The third kappa shape index (κ3) is 5.42. The molecule has 0 unspecified atom stereocenters. The van der Waals surface area contributed by atoms with Gasteiger partial charge in [-0.05, 0) is 0 Å². The number of hydrogen-bond donors (Lipinski definition) is 0. The average molecular weight is 432 g/mol. The van der Waals surface area contributed by atoms with E-state index in [9.17, 15) is 13.2 Å². The zero-order chi connectivity index (χ0) is 17.6. The van der Waals surface area contributed by atoms with E-state index >= 15 is 0 Å². The molecule has 0 aromatic rings. The molecule has 0 radical (unpaired) electrons. The summed E-state index contributed by atoms with van der Waals surface area (Å²) in [6.45, 7) is 4.15. The van der Waals surface area contributed by atoms with Crippen molar-refractivity contribution in [2.45, 2.75) is 70.6 Å². The number of hydrogen-bond acceptors (Lipinski definition) is 0. The van der Waals surface area contributed by atoms with E-state index in [0.29, 0.717) is 6.04 Å². The molecule has 0 saturated heterocycles. The molecule has 2 aliphatic rings. The first kappa shape index (κ1) is 20.2. The molecular formula is C19H27F3SiZr. The normalized spacial score (nSPS) is 18.5. The first-order valence-electron chi connectivity index (χ1n) is 9.03. The van der Waals surface area contributed by atoms with Gasteiger partial charge in [0, 0.05) is 0 Å².